The number of carbonyl (C=O) groups excluding carboxylic acids is 4. The highest BCUT2D eigenvalue weighted by atomic mass is 16.5. The second-order valence-corrected chi connectivity index (χ2v) is 7.04. The lowest BCUT2D eigenvalue weighted by atomic mass is 9.79. The standard InChI is InChI=1S/C20H24N2O5/c1-27-20(26)14-7-3-2-6-13(14)12-21-17(23)10-11-22-18(24)15-8-4-5-9-16(15)19(22)25/h4-5,8-9,13-14H,2-3,6-7,10-12H2,1H3,(H,21,23). The van der Waals surface area contributed by atoms with Crippen molar-refractivity contribution < 1.29 is 23.9 Å². The summed E-state index contributed by atoms with van der Waals surface area (Å²) >= 11 is 0. The van der Waals surface area contributed by atoms with Gasteiger partial charge in [0.25, 0.3) is 11.8 Å². The lowest BCUT2D eigenvalue weighted by Gasteiger charge is -2.29. The van der Waals surface area contributed by atoms with Gasteiger partial charge in [0.2, 0.25) is 5.91 Å². The first-order valence-corrected chi connectivity index (χ1v) is 9.32. The molecule has 0 saturated heterocycles. The van der Waals surface area contributed by atoms with Gasteiger partial charge in [-0.2, -0.15) is 0 Å². The second-order valence-electron chi connectivity index (χ2n) is 7.04. The normalized spacial score (nSPS) is 21.7. The van der Waals surface area contributed by atoms with Crippen LogP contribution in [0.4, 0.5) is 0 Å². The van der Waals surface area contributed by atoms with Gasteiger partial charge in [-0.05, 0) is 30.9 Å². The molecule has 3 rings (SSSR count). The van der Waals surface area contributed by atoms with Crippen LogP contribution < -0.4 is 5.32 Å². The largest absolute Gasteiger partial charge is 0.469 e. The van der Waals surface area contributed by atoms with Crippen molar-refractivity contribution in [2.75, 3.05) is 20.2 Å². The van der Waals surface area contributed by atoms with E-state index in [1.807, 2.05) is 0 Å². The second kappa shape index (κ2) is 8.33. The molecule has 1 N–H and O–H groups in total. The van der Waals surface area contributed by atoms with Gasteiger partial charge in [-0.1, -0.05) is 25.0 Å². The number of fused-ring (bicyclic) bond motifs is 1. The maximum absolute atomic E-state index is 12.3. The molecule has 1 fully saturated rings. The van der Waals surface area contributed by atoms with Gasteiger partial charge in [-0.3, -0.25) is 24.1 Å². The maximum Gasteiger partial charge on any atom is 0.309 e. The third kappa shape index (κ3) is 4.02. The number of amides is 3. The Hall–Kier alpha value is -2.70. The van der Waals surface area contributed by atoms with Crippen LogP contribution in [0.2, 0.25) is 0 Å². The van der Waals surface area contributed by atoms with Crippen LogP contribution in [0.5, 0.6) is 0 Å². The Morgan fingerprint density at radius 1 is 1.11 bits per heavy atom. The zero-order valence-electron chi connectivity index (χ0n) is 15.4. The summed E-state index contributed by atoms with van der Waals surface area (Å²) < 4.78 is 4.86. The third-order valence-corrected chi connectivity index (χ3v) is 5.42. The summed E-state index contributed by atoms with van der Waals surface area (Å²) in [6.45, 7) is 0.448. The van der Waals surface area contributed by atoms with E-state index in [0.29, 0.717) is 17.7 Å². The van der Waals surface area contributed by atoms with Gasteiger partial charge in [0.15, 0.2) is 0 Å². The lowest BCUT2D eigenvalue weighted by Crippen LogP contribution is -2.39. The molecule has 2 aliphatic rings. The molecule has 1 saturated carbocycles. The van der Waals surface area contributed by atoms with Crippen LogP contribution in [-0.2, 0) is 14.3 Å². The highest BCUT2D eigenvalue weighted by Gasteiger charge is 2.35. The van der Waals surface area contributed by atoms with Gasteiger partial charge < -0.3 is 10.1 Å². The van der Waals surface area contributed by atoms with Gasteiger partial charge in [0.05, 0.1) is 24.2 Å². The number of imide groups is 1. The summed E-state index contributed by atoms with van der Waals surface area (Å²) in [7, 11) is 1.38. The molecule has 1 aromatic carbocycles. The predicted octanol–water partition coefficient (Wildman–Crippen LogP) is 1.77. The molecule has 0 bridgehead atoms. The molecule has 7 heteroatoms. The predicted molar refractivity (Wildman–Crippen MR) is 96.9 cm³/mol. The monoisotopic (exact) mass is 372 g/mol. The molecule has 1 aromatic rings. The average molecular weight is 372 g/mol. The van der Waals surface area contributed by atoms with Crippen LogP contribution in [-0.4, -0.2) is 48.8 Å². The molecule has 144 valence electrons. The van der Waals surface area contributed by atoms with Crippen LogP contribution >= 0.6 is 0 Å². The first-order valence-electron chi connectivity index (χ1n) is 9.32. The Bertz CT molecular complexity index is 725. The highest BCUT2D eigenvalue weighted by Crippen LogP contribution is 2.30. The summed E-state index contributed by atoms with van der Waals surface area (Å²) in [6.07, 6.45) is 3.72. The van der Waals surface area contributed by atoms with E-state index in [2.05, 4.69) is 5.32 Å². The van der Waals surface area contributed by atoms with Gasteiger partial charge in [0, 0.05) is 19.5 Å². The molecule has 1 aliphatic carbocycles. The first kappa shape index (κ1) is 19.1. The molecule has 1 aliphatic heterocycles. The number of esters is 1. The Morgan fingerprint density at radius 2 is 1.74 bits per heavy atom. The van der Waals surface area contributed by atoms with E-state index >= 15 is 0 Å². The quantitative estimate of drug-likeness (QED) is 0.607. The molecule has 0 aromatic heterocycles. The van der Waals surface area contributed by atoms with Crippen LogP contribution in [0.25, 0.3) is 0 Å². The fourth-order valence-corrected chi connectivity index (χ4v) is 3.90. The zero-order valence-corrected chi connectivity index (χ0v) is 15.4. The third-order valence-electron chi connectivity index (χ3n) is 5.42. The number of ether oxygens (including phenoxy) is 1. The molecule has 2 unspecified atom stereocenters. The zero-order chi connectivity index (χ0) is 19.4. The van der Waals surface area contributed by atoms with Crippen LogP contribution in [0.15, 0.2) is 24.3 Å². The van der Waals surface area contributed by atoms with Crippen LogP contribution in [0, 0.1) is 11.8 Å². The minimum absolute atomic E-state index is 0.0427. The summed E-state index contributed by atoms with van der Waals surface area (Å²) in [5.74, 6) is -1.29. The molecule has 0 spiro atoms. The molecule has 0 radical (unpaired) electrons. The van der Waals surface area contributed by atoms with Crippen molar-refractivity contribution in [3.05, 3.63) is 35.4 Å². The Balaban J connectivity index is 1.50. The van der Waals surface area contributed by atoms with E-state index in [-0.39, 0.29) is 48.5 Å². The molecule has 1 heterocycles. The number of hydrogen-bond acceptors (Lipinski definition) is 5. The Kier molecular flexibility index (Phi) is 5.88. The minimum Gasteiger partial charge on any atom is -0.469 e. The number of methoxy groups -OCH3 is 1. The van der Waals surface area contributed by atoms with E-state index < -0.39 is 0 Å². The molecule has 27 heavy (non-hydrogen) atoms. The number of benzene rings is 1. The van der Waals surface area contributed by atoms with Gasteiger partial charge in [0.1, 0.15) is 0 Å². The van der Waals surface area contributed by atoms with Crippen molar-refractivity contribution in [2.24, 2.45) is 11.8 Å². The molecule has 2 atom stereocenters. The Labute approximate surface area is 158 Å². The number of nitrogens with zero attached hydrogens (tertiary/aromatic N) is 1. The number of rotatable bonds is 6. The number of carbonyl (C=O) groups is 4. The molecular formula is C20H24N2O5. The van der Waals surface area contributed by atoms with E-state index in [4.69, 9.17) is 4.74 Å². The molecule has 3 amide bonds. The smallest absolute Gasteiger partial charge is 0.309 e. The maximum atomic E-state index is 12.3. The van der Waals surface area contributed by atoms with E-state index in [0.717, 1.165) is 30.6 Å². The minimum atomic E-state index is -0.360. The van der Waals surface area contributed by atoms with Crippen molar-refractivity contribution in [1.29, 1.82) is 0 Å². The highest BCUT2D eigenvalue weighted by molar-refractivity contribution is 6.21. The van der Waals surface area contributed by atoms with Crippen molar-refractivity contribution in [3.8, 4) is 0 Å². The van der Waals surface area contributed by atoms with Crippen LogP contribution in [0.1, 0.15) is 52.8 Å². The van der Waals surface area contributed by atoms with E-state index in [9.17, 15) is 19.2 Å². The molecule has 7 nitrogen and oxygen atoms in total. The first-order chi connectivity index (χ1) is 13.0. The topological polar surface area (TPSA) is 92.8 Å². The SMILES string of the molecule is COC(=O)C1CCCCC1CNC(=O)CCN1C(=O)c2ccccc2C1=O. The number of hydrogen-bond donors (Lipinski definition) is 1. The van der Waals surface area contributed by atoms with E-state index in [1.54, 1.807) is 24.3 Å². The lowest BCUT2D eigenvalue weighted by molar-refractivity contribution is -0.148. The van der Waals surface area contributed by atoms with Crippen molar-refractivity contribution in [3.63, 3.8) is 0 Å². The summed E-state index contributed by atoms with van der Waals surface area (Å²) in [5.41, 5.74) is 0.761. The average Bonchev–Trinajstić information content (AvgIpc) is 2.95. The van der Waals surface area contributed by atoms with Crippen molar-refractivity contribution in [1.82, 2.24) is 10.2 Å². The van der Waals surface area contributed by atoms with E-state index in [1.165, 1.54) is 7.11 Å². The van der Waals surface area contributed by atoms with Gasteiger partial charge in [-0.25, -0.2) is 0 Å². The Morgan fingerprint density at radius 3 is 2.37 bits per heavy atom. The summed E-state index contributed by atoms with van der Waals surface area (Å²) in [4.78, 5) is 49.8. The fraction of sp³-hybridized carbons (Fsp3) is 0.500. The summed E-state index contributed by atoms with van der Waals surface area (Å²) in [6, 6.07) is 6.65. The van der Waals surface area contributed by atoms with Gasteiger partial charge >= 0.3 is 5.97 Å². The fourth-order valence-electron chi connectivity index (χ4n) is 3.90. The van der Waals surface area contributed by atoms with Crippen LogP contribution in [0.3, 0.4) is 0 Å². The number of nitrogens with one attached hydrogen (secondary N) is 1. The van der Waals surface area contributed by atoms with Gasteiger partial charge in [-0.15, -0.1) is 0 Å². The summed E-state index contributed by atoms with van der Waals surface area (Å²) in [5, 5.41) is 2.84. The van der Waals surface area contributed by atoms with Crippen molar-refractivity contribution in [2.45, 2.75) is 32.1 Å². The molecular weight excluding hydrogens is 348 g/mol. The van der Waals surface area contributed by atoms with Crippen molar-refractivity contribution >= 4 is 23.7 Å².